The van der Waals surface area contributed by atoms with Gasteiger partial charge in [-0.2, -0.15) is 13.5 Å². The molecule has 8 rings (SSSR count). The second-order valence-corrected chi connectivity index (χ2v) is 19.4. The number of anilines is 2. The van der Waals surface area contributed by atoms with Gasteiger partial charge in [-0.25, -0.2) is 8.42 Å². The van der Waals surface area contributed by atoms with Crippen molar-refractivity contribution in [2.24, 2.45) is 20.5 Å². The van der Waals surface area contributed by atoms with E-state index < -0.39 is 53.3 Å². The number of hydrogen-bond donors (Lipinski definition) is 4. The van der Waals surface area contributed by atoms with Crippen LogP contribution in [0.1, 0.15) is 45.7 Å². The number of benzene rings is 8. The second-order valence-electron chi connectivity index (χ2n) is 15.9. The molecule has 8 aromatic carbocycles. The van der Waals surface area contributed by atoms with Gasteiger partial charge >= 0.3 is 37.7 Å². The van der Waals surface area contributed by atoms with Crippen LogP contribution in [0.2, 0.25) is 10.0 Å². The van der Waals surface area contributed by atoms with Gasteiger partial charge < -0.3 is 34.9 Å². The summed E-state index contributed by atoms with van der Waals surface area (Å²) in [6.07, 6.45) is 0. The number of aryl methyl sites for hydroxylation is 2. The third kappa shape index (κ3) is 13.6. The summed E-state index contributed by atoms with van der Waals surface area (Å²) in [7, 11) is -9.60. The summed E-state index contributed by atoms with van der Waals surface area (Å²) >= 11 is 12.5. The van der Waals surface area contributed by atoms with Gasteiger partial charge in [0.15, 0.2) is 5.75 Å². The third-order valence-electron chi connectivity index (χ3n) is 10.9. The van der Waals surface area contributed by atoms with Crippen molar-refractivity contribution in [3.63, 3.8) is 0 Å². The number of nitrogens with zero attached hydrogens (tertiary/aromatic N) is 4. The number of aromatic hydroxyl groups is 1. The van der Waals surface area contributed by atoms with Crippen molar-refractivity contribution in [1.29, 1.82) is 0 Å². The number of carbonyl (C=O) groups excluding carboxylic acids is 2. The summed E-state index contributed by atoms with van der Waals surface area (Å²) in [4.78, 5) is 24.9. The van der Waals surface area contributed by atoms with Crippen LogP contribution in [0.5, 0.6) is 23.0 Å². The number of hydrogen-bond acceptors (Lipinski definition) is 15. The molecular weight excluding hydrogens is 1080 g/mol. The molecular formula is C52H42CaCl2N6O12S2. The molecule has 0 fully saturated rings. The van der Waals surface area contributed by atoms with Crippen LogP contribution >= 0.6 is 23.2 Å². The Morgan fingerprint density at radius 2 is 0.987 bits per heavy atom. The minimum absolute atomic E-state index is 0. The van der Waals surface area contributed by atoms with Gasteiger partial charge in [0.25, 0.3) is 21.9 Å². The predicted molar refractivity (Wildman–Crippen MR) is 284 cm³/mol. The molecule has 0 saturated carbocycles. The largest absolute Gasteiger partial charge is 2.00 e. The van der Waals surface area contributed by atoms with Crippen LogP contribution in [0, 0.1) is 13.8 Å². The SMILES string of the molecule is CCOc1ccc(NC(=O)c2cc3ccccc3c(N=Nc3c(S(=O)(=O)O)ccc(C)c3Cl)c2O)cc1.CCOc1ccc(NC(=O)c2cc3ccccc3c(N=Nc3c(S(=O)(=O)[O-])ccc(C)c3Cl)c2[O-])cc1.[Ca+2]. The van der Waals surface area contributed by atoms with E-state index in [1.54, 1.807) is 111 Å². The Labute approximate surface area is 470 Å². The molecule has 0 unspecified atom stereocenters. The quantitative estimate of drug-likeness (QED) is 0.0449. The number of fused-ring (bicyclic) bond motifs is 2. The Balaban J connectivity index is 0.000000241. The van der Waals surface area contributed by atoms with E-state index in [9.17, 15) is 45.7 Å². The maximum atomic E-state index is 13.4. The molecule has 0 radical (unpaired) electrons. The number of rotatable bonds is 14. The molecule has 0 aliphatic carbocycles. The van der Waals surface area contributed by atoms with Gasteiger partial charge in [0.05, 0.1) is 39.4 Å². The molecule has 380 valence electrons. The van der Waals surface area contributed by atoms with E-state index in [1.165, 1.54) is 24.3 Å². The van der Waals surface area contributed by atoms with Gasteiger partial charge in [-0.15, -0.1) is 15.3 Å². The number of phenols is 1. The van der Waals surface area contributed by atoms with Crippen molar-refractivity contribution in [3.05, 3.63) is 166 Å². The summed E-state index contributed by atoms with van der Waals surface area (Å²) in [5.74, 6) is -1.20. The van der Waals surface area contributed by atoms with Gasteiger partial charge in [0.2, 0.25) is 0 Å². The first-order chi connectivity index (χ1) is 35.2. The Morgan fingerprint density at radius 1 is 0.587 bits per heavy atom. The summed E-state index contributed by atoms with van der Waals surface area (Å²) in [5, 5.41) is 47.5. The van der Waals surface area contributed by atoms with Crippen LogP contribution in [-0.4, -0.2) is 93.8 Å². The molecule has 4 N–H and O–H groups in total. The van der Waals surface area contributed by atoms with Crippen LogP contribution in [0.25, 0.3) is 21.5 Å². The van der Waals surface area contributed by atoms with E-state index in [2.05, 4.69) is 31.1 Å². The first-order valence-electron chi connectivity index (χ1n) is 22.1. The molecule has 2 amide bonds. The first-order valence-corrected chi connectivity index (χ1v) is 25.7. The van der Waals surface area contributed by atoms with Gasteiger partial charge in [-0.3, -0.25) is 14.1 Å². The fraction of sp³-hybridized carbons (Fsp3) is 0.115. The average Bonchev–Trinajstić information content (AvgIpc) is 3.36. The van der Waals surface area contributed by atoms with Crippen molar-refractivity contribution < 1.29 is 55.2 Å². The van der Waals surface area contributed by atoms with Crippen molar-refractivity contribution >= 4 is 149 Å². The maximum Gasteiger partial charge on any atom is 2.00 e. The van der Waals surface area contributed by atoms with Gasteiger partial charge in [-0.1, -0.05) is 89.6 Å². The Hall–Kier alpha value is -6.72. The fourth-order valence-corrected chi connectivity index (χ4v) is 9.02. The molecule has 8 aromatic rings. The van der Waals surface area contributed by atoms with Gasteiger partial charge in [-0.05, 0) is 122 Å². The molecule has 75 heavy (non-hydrogen) atoms. The molecule has 0 heterocycles. The van der Waals surface area contributed by atoms with E-state index in [-0.39, 0.29) is 81.7 Å². The standard InChI is InChI=1S/2C26H22ClN3O6S.Ca/c2*1-3-36-18-11-9-17(10-12-18)28-26(32)20-14-16-6-4-5-7-19(16)23(25(20)31)29-30-24-21(37(33,34)35)13-8-15(2)22(24)27;/h2*4-14,31H,3H2,1-2H3,(H,28,32)(H,33,34,35);/q;;+2/p-2. The fourth-order valence-electron chi connectivity index (χ4n) is 7.26. The van der Waals surface area contributed by atoms with E-state index >= 15 is 0 Å². The zero-order valence-corrected chi connectivity index (χ0v) is 45.5. The smallest absolute Gasteiger partial charge is 0.870 e. The summed E-state index contributed by atoms with van der Waals surface area (Å²) < 4.78 is 79.4. The van der Waals surface area contributed by atoms with Crippen LogP contribution in [-0.2, 0) is 20.2 Å². The number of ether oxygens (including phenoxy) is 2. The summed E-state index contributed by atoms with van der Waals surface area (Å²) in [6.45, 7) is 7.96. The average molecular weight is 1120 g/mol. The van der Waals surface area contributed by atoms with E-state index in [0.29, 0.717) is 68.8 Å². The van der Waals surface area contributed by atoms with E-state index in [1.807, 2.05) is 13.8 Å². The van der Waals surface area contributed by atoms with Crippen molar-refractivity contribution in [2.75, 3.05) is 23.8 Å². The Kier molecular flexibility index (Phi) is 19.0. The van der Waals surface area contributed by atoms with Crippen molar-refractivity contribution in [3.8, 4) is 23.0 Å². The van der Waals surface area contributed by atoms with E-state index in [0.717, 1.165) is 12.1 Å². The van der Waals surface area contributed by atoms with Crippen LogP contribution in [0.15, 0.2) is 164 Å². The maximum absolute atomic E-state index is 13.4. The minimum Gasteiger partial charge on any atom is -0.870 e. The Bertz CT molecular complexity index is 3530. The van der Waals surface area contributed by atoms with Crippen LogP contribution < -0.4 is 25.2 Å². The normalized spacial score (nSPS) is 11.5. The molecule has 0 spiro atoms. The third-order valence-corrected chi connectivity index (χ3v) is 13.6. The molecule has 0 aliphatic heterocycles. The van der Waals surface area contributed by atoms with Crippen LogP contribution in [0.4, 0.5) is 34.1 Å². The zero-order chi connectivity index (χ0) is 53.5. The molecule has 18 nitrogen and oxygen atoms in total. The molecule has 0 atom stereocenters. The molecule has 0 bridgehead atoms. The monoisotopic (exact) mass is 1120 g/mol. The van der Waals surface area contributed by atoms with Crippen LogP contribution in [0.3, 0.4) is 0 Å². The molecule has 0 aliphatic rings. The number of amides is 2. The molecule has 0 aromatic heterocycles. The number of phenolic OH excluding ortho intramolecular Hbond substituents is 1. The minimum atomic E-state index is -4.93. The molecule has 0 saturated heterocycles. The summed E-state index contributed by atoms with van der Waals surface area (Å²) in [5.41, 5.74) is 0.645. The number of azo groups is 2. The topological polar surface area (TPSA) is 281 Å². The van der Waals surface area contributed by atoms with E-state index in [4.69, 9.17) is 32.7 Å². The van der Waals surface area contributed by atoms with Crippen molar-refractivity contribution in [2.45, 2.75) is 37.5 Å². The first kappa shape index (κ1) is 57.6. The zero-order valence-electron chi connectivity index (χ0n) is 40.2. The van der Waals surface area contributed by atoms with Gasteiger partial charge in [0, 0.05) is 27.7 Å². The number of carbonyl (C=O) groups is 2. The van der Waals surface area contributed by atoms with Gasteiger partial charge in [0.1, 0.15) is 43.6 Å². The predicted octanol–water partition coefficient (Wildman–Crippen LogP) is 12.3. The molecule has 23 heteroatoms. The summed E-state index contributed by atoms with van der Waals surface area (Å²) in [6, 6.07) is 34.9. The number of nitrogens with one attached hydrogen (secondary N) is 2. The second kappa shape index (κ2) is 24.7. The Morgan fingerprint density at radius 3 is 1.45 bits per heavy atom. The number of halogens is 2. The van der Waals surface area contributed by atoms with Crippen molar-refractivity contribution in [1.82, 2.24) is 0 Å².